The Kier molecular flexibility index (Phi) is 6.66. The lowest BCUT2D eigenvalue weighted by atomic mass is 10.0. The summed E-state index contributed by atoms with van der Waals surface area (Å²) in [7, 11) is 0. The summed E-state index contributed by atoms with van der Waals surface area (Å²) in [6.45, 7) is 11.0. The molecule has 1 unspecified atom stereocenters. The molecule has 0 saturated carbocycles. The van der Waals surface area contributed by atoms with Crippen LogP contribution in [-0.4, -0.2) is 75.9 Å². The second-order valence-electron chi connectivity index (χ2n) is 10.7. The third-order valence-electron chi connectivity index (χ3n) is 6.79. The summed E-state index contributed by atoms with van der Waals surface area (Å²) in [5.74, 6) is 0.670. The molecule has 2 aliphatic rings. The lowest BCUT2D eigenvalue weighted by Crippen LogP contribution is -2.50. The van der Waals surface area contributed by atoms with Crippen LogP contribution in [0.2, 0.25) is 0 Å². The Balaban J connectivity index is 1.28. The third-order valence-corrected chi connectivity index (χ3v) is 6.79. The first-order chi connectivity index (χ1) is 17.7. The van der Waals surface area contributed by atoms with Crippen LogP contribution in [0.3, 0.4) is 0 Å². The van der Waals surface area contributed by atoms with Crippen LogP contribution >= 0.6 is 0 Å². The Morgan fingerprint density at radius 2 is 1.84 bits per heavy atom. The van der Waals surface area contributed by atoms with Crippen LogP contribution in [-0.2, 0) is 9.53 Å². The SMILES string of the molecule is C[C@@H](Oc1nc(-c2ccc(N3CCN(C(=O)OC(C)(C)C)CC3)cc2)cn2nccc12)C1CNC(=O)C1. The van der Waals surface area contributed by atoms with Crippen molar-refractivity contribution < 1.29 is 19.1 Å². The van der Waals surface area contributed by atoms with Crippen LogP contribution in [0, 0.1) is 5.92 Å². The van der Waals surface area contributed by atoms with Crippen LogP contribution in [0.25, 0.3) is 16.8 Å². The van der Waals surface area contributed by atoms with Gasteiger partial charge in [0.25, 0.3) is 0 Å². The Morgan fingerprint density at radius 3 is 2.49 bits per heavy atom. The number of carbonyl (C=O) groups excluding carboxylic acids is 2. The van der Waals surface area contributed by atoms with Crippen molar-refractivity contribution in [3.63, 3.8) is 0 Å². The number of rotatable bonds is 5. The highest BCUT2D eigenvalue weighted by Crippen LogP contribution is 2.28. The zero-order valence-electron chi connectivity index (χ0n) is 21.8. The van der Waals surface area contributed by atoms with E-state index in [1.165, 1.54) is 0 Å². The maximum Gasteiger partial charge on any atom is 0.410 e. The molecule has 0 bridgehead atoms. The Labute approximate surface area is 216 Å². The van der Waals surface area contributed by atoms with E-state index in [0.29, 0.717) is 31.9 Å². The zero-order valence-corrected chi connectivity index (χ0v) is 21.8. The molecule has 37 heavy (non-hydrogen) atoms. The number of piperazine rings is 1. The van der Waals surface area contributed by atoms with Gasteiger partial charge >= 0.3 is 6.09 Å². The molecule has 2 fully saturated rings. The molecule has 196 valence electrons. The fourth-order valence-electron chi connectivity index (χ4n) is 4.67. The molecule has 1 aromatic carbocycles. The predicted octanol–water partition coefficient (Wildman–Crippen LogP) is 3.36. The summed E-state index contributed by atoms with van der Waals surface area (Å²) in [4.78, 5) is 32.8. The molecule has 0 aliphatic carbocycles. The molecule has 2 saturated heterocycles. The maximum atomic E-state index is 12.4. The molecule has 0 spiro atoms. The number of aromatic nitrogens is 3. The second kappa shape index (κ2) is 9.91. The van der Waals surface area contributed by atoms with E-state index in [0.717, 1.165) is 35.6 Å². The Hall–Kier alpha value is -3.82. The molecule has 2 amide bonds. The molecule has 5 rings (SSSR count). The van der Waals surface area contributed by atoms with E-state index in [9.17, 15) is 9.59 Å². The Bertz CT molecular complexity index is 1270. The molecule has 2 atom stereocenters. The smallest absolute Gasteiger partial charge is 0.410 e. The number of hydrogen-bond donors (Lipinski definition) is 1. The summed E-state index contributed by atoms with van der Waals surface area (Å²) < 4.78 is 13.5. The van der Waals surface area contributed by atoms with Gasteiger partial charge in [-0.1, -0.05) is 12.1 Å². The van der Waals surface area contributed by atoms with Crippen molar-refractivity contribution in [3.05, 3.63) is 42.7 Å². The monoisotopic (exact) mass is 506 g/mol. The summed E-state index contributed by atoms with van der Waals surface area (Å²) in [5.41, 5.74) is 3.08. The molecule has 4 heterocycles. The summed E-state index contributed by atoms with van der Waals surface area (Å²) >= 11 is 0. The Morgan fingerprint density at radius 1 is 1.11 bits per heavy atom. The van der Waals surface area contributed by atoms with E-state index in [2.05, 4.69) is 27.4 Å². The number of hydrogen-bond acceptors (Lipinski definition) is 7. The minimum atomic E-state index is -0.493. The average molecular weight is 507 g/mol. The fourth-order valence-corrected chi connectivity index (χ4v) is 4.67. The fraction of sp³-hybridized carbons (Fsp3) is 0.481. The van der Waals surface area contributed by atoms with Gasteiger partial charge in [0, 0.05) is 56.3 Å². The molecule has 2 aromatic heterocycles. The van der Waals surface area contributed by atoms with Gasteiger partial charge in [-0.05, 0) is 45.9 Å². The quantitative estimate of drug-likeness (QED) is 0.566. The number of nitrogens with one attached hydrogen (secondary N) is 1. The first-order valence-electron chi connectivity index (χ1n) is 12.8. The van der Waals surface area contributed by atoms with Crippen LogP contribution in [0.4, 0.5) is 10.5 Å². The zero-order chi connectivity index (χ0) is 26.2. The van der Waals surface area contributed by atoms with Crippen molar-refractivity contribution in [2.45, 2.75) is 45.8 Å². The van der Waals surface area contributed by atoms with Gasteiger partial charge in [-0.2, -0.15) is 5.10 Å². The van der Waals surface area contributed by atoms with Gasteiger partial charge in [0.15, 0.2) is 0 Å². The van der Waals surface area contributed by atoms with Gasteiger partial charge in [0.05, 0.1) is 18.1 Å². The van der Waals surface area contributed by atoms with Crippen molar-refractivity contribution >= 4 is 23.2 Å². The summed E-state index contributed by atoms with van der Waals surface area (Å²) in [6.07, 6.45) is 3.65. The molecule has 3 aromatic rings. The maximum absolute atomic E-state index is 12.4. The highest BCUT2D eigenvalue weighted by atomic mass is 16.6. The lowest BCUT2D eigenvalue weighted by molar-refractivity contribution is -0.119. The van der Waals surface area contributed by atoms with Crippen LogP contribution in [0.1, 0.15) is 34.1 Å². The highest BCUT2D eigenvalue weighted by molar-refractivity contribution is 5.78. The largest absolute Gasteiger partial charge is 0.473 e. The molecule has 0 radical (unpaired) electrons. The number of fused-ring (bicyclic) bond motifs is 1. The van der Waals surface area contributed by atoms with Crippen molar-refractivity contribution in [1.29, 1.82) is 0 Å². The number of ether oxygens (including phenoxy) is 2. The summed E-state index contributed by atoms with van der Waals surface area (Å²) in [5, 5.41) is 7.26. The molecule has 10 heteroatoms. The third kappa shape index (κ3) is 5.63. The molecule has 2 aliphatic heterocycles. The van der Waals surface area contributed by atoms with Gasteiger partial charge in [-0.15, -0.1) is 0 Å². The number of amides is 2. The average Bonchev–Trinajstić information content (AvgIpc) is 3.52. The molecular formula is C27H34N6O4. The van der Waals surface area contributed by atoms with Gasteiger partial charge in [0.2, 0.25) is 11.8 Å². The number of nitrogens with zero attached hydrogens (tertiary/aromatic N) is 5. The van der Waals surface area contributed by atoms with Crippen molar-refractivity contribution in [1.82, 2.24) is 24.8 Å². The van der Waals surface area contributed by atoms with Crippen molar-refractivity contribution in [2.75, 3.05) is 37.6 Å². The molecular weight excluding hydrogens is 472 g/mol. The van der Waals surface area contributed by atoms with E-state index < -0.39 is 5.60 Å². The van der Waals surface area contributed by atoms with Gasteiger partial charge in [-0.25, -0.2) is 14.3 Å². The van der Waals surface area contributed by atoms with Crippen molar-refractivity contribution in [3.8, 4) is 17.1 Å². The second-order valence-corrected chi connectivity index (χ2v) is 10.7. The van der Waals surface area contributed by atoms with Crippen molar-refractivity contribution in [2.24, 2.45) is 5.92 Å². The van der Waals surface area contributed by atoms with E-state index in [1.54, 1.807) is 15.6 Å². The predicted molar refractivity (Wildman–Crippen MR) is 140 cm³/mol. The van der Waals surface area contributed by atoms with E-state index in [-0.39, 0.29) is 24.0 Å². The minimum absolute atomic E-state index is 0.0583. The lowest BCUT2D eigenvalue weighted by Gasteiger charge is -2.36. The topological polar surface area (TPSA) is 101 Å². The summed E-state index contributed by atoms with van der Waals surface area (Å²) in [6, 6.07) is 10.1. The first kappa shape index (κ1) is 24.9. The van der Waals surface area contributed by atoms with E-state index in [1.807, 2.05) is 52.1 Å². The number of benzene rings is 1. The van der Waals surface area contributed by atoms with Crippen LogP contribution in [0.5, 0.6) is 5.88 Å². The van der Waals surface area contributed by atoms with Gasteiger partial charge < -0.3 is 24.6 Å². The van der Waals surface area contributed by atoms with E-state index >= 15 is 0 Å². The normalized spacial score (nSPS) is 19.1. The number of anilines is 1. The van der Waals surface area contributed by atoms with E-state index in [4.69, 9.17) is 14.5 Å². The highest BCUT2D eigenvalue weighted by Gasteiger charge is 2.29. The van der Waals surface area contributed by atoms with Crippen LogP contribution in [0.15, 0.2) is 42.7 Å². The van der Waals surface area contributed by atoms with Crippen LogP contribution < -0.4 is 15.0 Å². The molecule has 1 N–H and O–H groups in total. The first-order valence-corrected chi connectivity index (χ1v) is 12.8. The van der Waals surface area contributed by atoms with Gasteiger partial charge in [0.1, 0.15) is 17.2 Å². The molecule has 10 nitrogen and oxygen atoms in total. The number of carbonyl (C=O) groups is 2. The minimum Gasteiger partial charge on any atom is -0.473 e. The van der Waals surface area contributed by atoms with Gasteiger partial charge in [-0.3, -0.25) is 4.79 Å². The standard InChI is InChI=1S/C27H34N6O4/c1-18(20-15-24(34)28-16-20)36-25-23-9-10-29-33(23)17-22(30-25)19-5-7-21(8-6-19)31-11-13-32(14-12-31)26(35)37-27(2,3)4/h5-10,17-18,20H,11-16H2,1-4H3,(H,28,34)/t18-,20?/m1/s1.